The number of hydrogen-bond acceptors (Lipinski definition) is 4. The van der Waals surface area contributed by atoms with Crippen molar-refractivity contribution in [2.75, 3.05) is 13.2 Å². The van der Waals surface area contributed by atoms with Crippen LogP contribution in [0.4, 0.5) is 0 Å². The Morgan fingerprint density at radius 3 is 1.17 bits per heavy atom. The van der Waals surface area contributed by atoms with Gasteiger partial charge in [0.2, 0.25) is 0 Å². The summed E-state index contributed by atoms with van der Waals surface area (Å²) in [5.74, 6) is 11.2. The molecule has 840 valence electrons. The molecule has 11 saturated carbocycles. The SMILES string of the molecule is C=C/C(C)=C/C[C@H]1C(C)=CCC2C(C)(C)CCC[C@@]21C.C=C1C[C@@]23CCC4C(C)(C)CCC[C@@]4(C)[C@@H]2CC[C@@H]1C3.C=CC(=C)CC[C@H]1C(C)=CCC2C(C)(C)CCC[C@@]21C.C=CC(C)(O)CC[C@@H]1C(=C)CCC2C(C)(C)CCC[C@]21C.C=CC(C)(O)CC[C@H]1C(C)=CCC2C(C)(C)CCC[C@@]21C.CC1=C(CC/C(C)=C/COPP)[C@]2(C)CCCC(C)(C)C2CC1.CC1=CCC2C(C)(C)CCC[C@]2(C)[C@H]1CC/C(C)=C/COPP. The second-order valence-corrected chi connectivity index (χ2v) is 62.9. The summed E-state index contributed by atoms with van der Waals surface area (Å²) in [7, 11) is 6.31. The standard InChI is InChI=1S/2C20H36OP2.2C20H34O.3C20H32/c2*1-15(11-14-21-23-22)7-9-17-16(2)8-10-18-19(3,4)12-6-13-20(17,18)5;2*1-7-19(5,21)14-11-16-15(2)9-10-17-18(3,4)12-8-13-20(16,17)6;1-14-12-20-11-8-16-18(2,3)9-5-10-19(16,4)17(20)7-6-15(14)13-20;2*1-7-15(2)9-11-17-16(3)10-12-18-19(4,5)13-8-14-20(17,18)6/h11,18,23H,6-10,12-14,22H2,1-5H3;8,11,17-18,23H,6-7,9-10,12-14,22H2,1-5H3;7,9,16-17,21H,1,8,10-14H2,2-6H3;7,16-17,21H,1-2,8-14H2,3-6H3;15-17H,1,5-13H2,2-4H3;7,9-10,17-18H,1,8,11-14H2,2-6H3;7,10,17-18H,1-2,8-9,11-14H2,3-6H3/b2*15-11+;;;;15-9+;/t18?,20-;17-,18?,20+;2*16-,17?,19?,20+;15-,16?,17+,19-,20-;2*17-,18?,20+/m0001100/s1. The van der Waals surface area contributed by atoms with Gasteiger partial charge in [0.05, 0.1) is 24.4 Å². The fourth-order valence-corrected chi connectivity index (χ4v) is 40.0. The first-order valence-electron chi connectivity index (χ1n) is 61.3. The van der Waals surface area contributed by atoms with E-state index >= 15 is 0 Å². The predicted octanol–water partition coefficient (Wildman–Crippen LogP) is 43.6. The van der Waals surface area contributed by atoms with Crippen LogP contribution >= 0.6 is 34.8 Å². The van der Waals surface area contributed by atoms with E-state index in [2.05, 4.69) is 307 Å². The normalized spacial score (nSPS) is 38.2. The highest BCUT2D eigenvalue weighted by Gasteiger charge is 2.65. The summed E-state index contributed by atoms with van der Waals surface area (Å²) < 4.78 is 10.9. The van der Waals surface area contributed by atoms with Gasteiger partial charge >= 0.3 is 0 Å². The van der Waals surface area contributed by atoms with Gasteiger partial charge in [-0.3, -0.25) is 0 Å². The minimum atomic E-state index is -0.742. The molecule has 0 amide bonds. The van der Waals surface area contributed by atoms with E-state index in [-0.39, 0.29) is 0 Å². The van der Waals surface area contributed by atoms with Gasteiger partial charge < -0.3 is 19.3 Å². The zero-order chi connectivity index (χ0) is 110. The topological polar surface area (TPSA) is 58.9 Å². The zero-order valence-corrected chi connectivity index (χ0v) is 107. The number of aliphatic hydroxyl groups is 2. The fraction of sp³-hybridized carbons (Fsp3) is 0.786. The molecule has 0 aromatic rings. The maximum absolute atomic E-state index is 10.3. The van der Waals surface area contributed by atoms with Crippen LogP contribution in [0.25, 0.3) is 0 Å². The molecule has 0 aromatic heterocycles. The van der Waals surface area contributed by atoms with Gasteiger partial charge in [0.25, 0.3) is 0 Å². The average molecular weight is 2110 g/mol. The molecule has 28 atom stereocenters. The summed E-state index contributed by atoms with van der Waals surface area (Å²) in [6, 6.07) is 0. The van der Waals surface area contributed by atoms with Crippen LogP contribution in [-0.2, 0) is 9.05 Å². The maximum Gasteiger partial charge on any atom is 0.0797 e. The Kier molecular flexibility index (Phi) is 44.4. The van der Waals surface area contributed by atoms with E-state index in [1.165, 1.54) is 291 Å². The molecule has 0 aromatic carbocycles. The van der Waals surface area contributed by atoms with Gasteiger partial charge in [0.1, 0.15) is 0 Å². The van der Waals surface area contributed by atoms with Gasteiger partial charge in [-0.15, -0.1) is 13.2 Å². The van der Waals surface area contributed by atoms with Crippen LogP contribution in [-0.4, -0.2) is 34.6 Å². The molecule has 11 fully saturated rings. The quantitative estimate of drug-likeness (QED) is 0.0372. The summed E-state index contributed by atoms with van der Waals surface area (Å²) in [4.78, 5) is 0. The minimum Gasteiger partial charge on any atom is -0.386 e. The first-order chi connectivity index (χ1) is 68.9. The molecule has 0 heterocycles. The van der Waals surface area contributed by atoms with Crippen molar-refractivity contribution in [2.45, 2.75) is 521 Å². The fourth-order valence-electron chi connectivity index (χ4n) is 39.1. The van der Waals surface area contributed by atoms with Crippen molar-refractivity contribution in [1.29, 1.82) is 0 Å². The van der Waals surface area contributed by atoms with Crippen molar-refractivity contribution in [3.05, 3.63) is 180 Å². The second kappa shape index (κ2) is 51.5. The number of allylic oxidation sites excluding steroid dienone is 19. The molecule has 8 heteroatoms. The van der Waals surface area contributed by atoms with Gasteiger partial charge in [0, 0.05) is 17.0 Å². The van der Waals surface area contributed by atoms with E-state index in [1.807, 2.05) is 26.0 Å². The molecule has 148 heavy (non-hydrogen) atoms. The van der Waals surface area contributed by atoms with Crippen molar-refractivity contribution in [3.63, 3.8) is 0 Å². The number of hydrogen-bond donors (Lipinski definition) is 2. The molecule has 0 aliphatic heterocycles. The lowest BCUT2D eigenvalue weighted by Crippen LogP contribution is -2.55. The highest BCUT2D eigenvalue weighted by Crippen LogP contribution is 2.74. The molecule has 2 bridgehead atoms. The Morgan fingerprint density at radius 1 is 0.392 bits per heavy atom. The van der Waals surface area contributed by atoms with E-state index < -0.39 is 11.2 Å². The molecule has 13 unspecified atom stereocenters. The first kappa shape index (κ1) is 127. The van der Waals surface area contributed by atoms with Crippen LogP contribution < -0.4 is 0 Å². The molecular formula is C140H236O4P4. The van der Waals surface area contributed by atoms with Gasteiger partial charge in [0.15, 0.2) is 0 Å². The Balaban J connectivity index is 0.000000177. The molecule has 16 aliphatic rings. The smallest absolute Gasteiger partial charge is 0.0797 e. The Hall–Kier alpha value is -2.34. The van der Waals surface area contributed by atoms with E-state index in [0.717, 1.165) is 116 Å². The average Bonchev–Trinajstić information content (AvgIpc) is 1.42. The van der Waals surface area contributed by atoms with Crippen molar-refractivity contribution >= 4 is 34.8 Å². The summed E-state index contributed by atoms with van der Waals surface area (Å²) >= 11 is 0. The molecule has 4 nitrogen and oxygen atoms in total. The highest BCUT2D eigenvalue weighted by molar-refractivity contribution is 8.00. The van der Waals surface area contributed by atoms with E-state index in [0.29, 0.717) is 110 Å². The predicted molar refractivity (Wildman–Crippen MR) is 663 cm³/mol. The number of fused-ring (bicyclic) bond motifs is 9. The lowest BCUT2D eigenvalue weighted by atomic mass is 9.41. The van der Waals surface area contributed by atoms with Gasteiger partial charge in [-0.1, -0.05) is 375 Å². The Bertz CT molecular complexity index is 4730. The van der Waals surface area contributed by atoms with Crippen LogP contribution in [0.2, 0.25) is 0 Å². The molecule has 1 spiro atoms. The van der Waals surface area contributed by atoms with Crippen LogP contribution in [0.5, 0.6) is 0 Å². The maximum atomic E-state index is 10.3. The monoisotopic (exact) mass is 2110 g/mol. The Morgan fingerprint density at radius 2 is 0.750 bits per heavy atom. The van der Waals surface area contributed by atoms with Crippen LogP contribution in [0.1, 0.15) is 510 Å². The summed E-state index contributed by atoms with van der Waals surface area (Å²) in [5.41, 5.74) is 24.5. The molecular weight excluding hydrogens is 1870 g/mol. The molecule has 16 aliphatic carbocycles. The van der Waals surface area contributed by atoms with Crippen LogP contribution in [0.15, 0.2) is 180 Å². The van der Waals surface area contributed by atoms with Gasteiger partial charge in [-0.05, 0) is 484 Å². The first-order valence-corrected chi connectivity index (χ1v) is 66.8. The Labute approximate surface area is 925 Å². The van der Waals surface area contributed by atoms with Gasteiger partial charge in [-0.25, -0.2) is 0 Å². The number of rotatable bonds is 27. The molecule has 0 saturated heterocycles. The van der Waals surface area contributed by atoms with Gasteiger partial charge in [-0.2, -0.15) is 0 Å². The third-order valence-corrected chi connectivity index (χ3v) is 49.4. The lowest BCUT2D eigenvalue weighted by molar-refractivity contribution is -0.144. The van der Waals surface area contributed by atoms with E-state index in [9.17, 15) is 10.2 Å². The summed E-state index contributed by atoms with van der Waals surface area (Å²) in [6.45, 7) is 105. The summed E-state index contributed by atoms with van der Waals surface area (Å²) in [6.07, 6.45) is 85.0. The zero-order valence-electron chi connectivity index (χ0n) is 103. The van der Waals surface area contributed by atoms with Crippen LogP contribution in [0, 0.1) is 164 Å². The van der Waals surface area contributed by atoms with Crippen LogP contribution in [0.3, 0.4) is 0 Å². The van der Waals surface area contributed by atoms with Crippen molar-refractivity contribution in [2.24, 2.45) is 164 Å². The summed E-state index contributed by atoms with van der Waals surface area (Å²) in [5, 5.41) is 20.6. The van der Waals surface area contributed by atoms with Crippen molar-refractivity contribution < 1.29 is 19.3 Å². The van der Waals surface area contributed by atoms with Crippen molar-refractivity contribution in [1.82, 2.24) is 0 Å². The highest BCUT2D eigenvalue weighted by atomic mass is 32.0. The molecule has 0 radical (unpaired) electrons. The minimum absolute atomic E-state index is 0.369. The third-order valence-electron chi connectivity index (χ3n) is 47.7. The second-order valence-electron chi connectivity index (χ2n) is 60.5. The van der Waals surface area contributed by atoms with E-state index in [1.54, 1.807) is 51.2 Å². The lowest BCUT2D eigenvalue weighted by Gasteiger charge is -2.64. The van der Waals surface area contributed by atoms with Crippen molar-refractivity contribution in [3.8, 4) is 0 Å². The largest absolute Gasteiger partial charge is 0.386 e. The third kappa shape index (κ3) is 29.2. The molecule has 16 rings (SSSR count). The van der Waals surface area contributed by atoms with E-state index in [4.69, 9.17) is 9.05 Å². The molecule has 2 N–H and O–H groups in total.